The fourth-order valence-electron chi connectivity index (χ4n) is 6.55. The van der Waals surface area contributed by atoms with E-state index in [1.165, 1.54) is 49.5 Å². The Kier molecular flexibility index (Phi) is 4.60. The van der Waals surface area contributed by atoms with Gasteiger partial charge in [-0.25, -0.2) is 0 Å². The van der Waals surface area contributed by atoms with Crippen LogP contribution < -0.4 is 4.90 Å². The number of nitrogens with zero attached hydrogens (tertiary/aromatic N) is 1. The Bertz CT molecular complexity index is 2040. The zero-order chi connectivity index (χ0) is 26.1. The van der Waals surface area contributed by atoms with Crippen molar-refractivity contribution in [2.24, 2.45) is 0 Å². The van der Waals surface area contributed by atoms with Crippen LogP contribution in [0, 0.1) is 0 Å². The van der Waals surface area contributed by atoms with Crippen molar-refractivity contribution in [3.63, 3.8) is 0 Å². The summed E-state index contributed by atoms with van der Waals surface area (Å²) in [5, 5.41) is 4.80. The minimum Gasteiger partial charge on any atom is -0.455 e. The summed E-state index contributed by atoms with van der Waals surface area (Å²) in [4.78, 5) is 2.38. The lowest BCUT2D eigenvalue weighted by molar-refractivity contribution is 0.653. The second kappa shape index (κ2) is 8.09. The highest BCUT2D eigenvalue weighted by molar-refractivity contribution is 6.12. The fourth-order valence-corrected chi connectivity index (χ4v) is 6.55. The largest absolute Gasteiger partial charge is 0.455 e. The van der Waals surface area contributed by atoms with Gasteiger partial charge in [0.15, 0.2) is 0 Å². The Morgan fingerprint density at radius 1 is 0.564 bits per heavy atom. The van der Waals surface area contributed by atoms with E-state index in [0.717, 1.165) is 22.5 Å². The monoisotopic (exact) mass is 501 g/mol. The molecule has 8 rings (SSSR count). The average Bonchev–Trinajstić information content (AvgIpc) is 3.46. The van der Waals surface area contributed by atoms with Crippen molar-refractivity contribution in [1.82, 2.24) is 0 Å². The van der Waals surface area contributed by atoms with Crippen LogP contribution in [-0.4, -0.2) is 0 Å². The van der Waals surface area contributed by atoms with Crippen molar-refractivity contribution in [3.05, 3.63) is 139 Å². The van der Waals surface area contributed by atoms with E-state index in [1.807, 2.05) is 6.07 Å². The molecule has 0 bridgehead atoms. The van der Waals surface area contributed by atoms with Crippen molar-refractivity contribution < 1.29 is 4.42 Å². The number of fused-ring (bicyclic) bond motifs is 8. The molecule has 2 heteroatoms. The van der Waals surface area contributed by atoms with Gasteiger partial charge in [-0.3, -0.25) is 0 Å². The summed E-state index contributed by atoms with van der Waals surface area (Å²) in [6.07, 6.45) is 0. The predicted molar refractivity (Wildman–Crippen MR) is 163 cm³/mol. The minimum atomic E-state index is -0.118. The van der Waals surface area contributed by atoms with Crippen molar-refractivity contribution in [2.45, 2.75) is 19.3 Å². The normalized spacial score (nSPS) is 13.6. The van der Waals surface area contributed by atoms with E-state index in [9.17, 15) is 0 Å². The molecule has 7 aromatic rings. The molecule has 1 aliphatic rings. The van der Waals surface area contributed by atoms with Crippen molar-refractivity contribution in [1.29, 1.82) is 0 Å². The molecule has 0 spiro atoms. The van der Waals surface area contributed by atoms with Crippen LogP contribution in [0.5, 0.6) is 0 Å². The highest BCUT2D eigenvalue weighted by Crippen LogP contribution is 2.54. The third-order valence-corrected chi connectivity index (χ3v) is 8.45. The number of benzene rings is 6. The predicted octanol–water partition coefficient (Wildman–Crippen LogP) is 10.5. The van der Waals surface area contributed by atoms with Gasteiger partial charge in [-0.1, -0.05) is 105 Å². The third-order valence-electron chi connectivity index (χ3n) is 8.45. The molecule has 0 N–H and O–H groups in total. The summed E-state index contributed by atoms with van der Waals surface area (Å²) < 4.78 is 6.56. The first kappa shape index (κ1) is 22.2. The van der Waals surface area contributed by atoms with Crippen molar-refractivity contribution in [3.8, 4) is 11.1 Å². The van der Waals surface area contributed by atoms with Gasteiger partial charge in [-0.15, -0.1) is 0 Å². The Morgan fingerprint density at radius 2 is 1.28 bits per heavy atom. The Balaban J connectivity index is 1.42. The molecule has 1 aromatic heterocycles. The van der Waals surface area contributed by atoms with E-state index in [0.29, 0.717) is 0 Å². The number of hydrogen-bond donors (Lipinski definition) is 0. The second-order valence-electron chi connectivity index (χ2n) is 11.0. The quantitative estimate of drug-likeness (QED) is 0.239. The van der Waals surface area contributed by atoms with Gasteiger partial charge in [-0.2, -0.15) is 0 Å². The first-order chi connectivity index (χ1) is 19.1. The molecular formula is C37H27NO. The molecule has 2 nitrogen and oxygen atoms in total. The van der Waals surface area contributed by atoms with E-state index >= 15 is 0 Å². The van der Waals surface area contributed by atoms with Gasteiger partial charge in [0.1, 0.15) is 11.2 Å². The molecule has 0 aliphatic heterocycles. The molecule has 0 saturated heterocycles. The van der Waals surface area contributed by atoms with Crippen LogP contribution >= 0.6 is 0 Å². The lowest BCUT2D eigenvalue weighted by Gasteiger charge is -2.28. The highest BCUT2D eigenvalue weighted by atomic mass is 16.3. The molecule has 1 heterocycles. The molecule has 0 radical (unpaired) electrons. The number of hydrogen-bond acceptors (Lipinski definition) is 2. The van der Waals surface area contributed by atoms with Crippen LogP contribution in [0.3, 0.4) is 0 Å². The SMILES string of the molecule is CC1(C)c2ccc(N(c3ccccc3)c3cccc4ccccc34)cc2-c2c1ccc1c2oc2ccccc21. The lowest BCUT2D eigenvalue weighted by atomic mass is 9.82. The molecule has 0 unspecified atom stereocenters. The Labute approximate surface area is 227 Å². The van der Waals surface area contributed by atoms with E-state index in [4.69, 9.17) is 4.42 Å². The molecule has 39 heavy (non-hydrogen) atoms. The van der Waals surface area contributed by atoms with Crippen LogP contribution in [0.25, 0.3) is 43.8 Å². The number of anilines is 3. The van der Waals surface area contributed by atoms with Crippen LogP contribution in [-0.2, 0) is 5.41 Å². The van der Waals surface area contributed by atoms with E-state index in [-0.39, 0.29) is 5.41 Å². The summed E-state index contributed by atoms with van der Waals surface area (Å²) in [5.41, 5.74) is 10.3. The van der Waals surface area contributed by atoms with E-state index in [1.54, 1.807) is 0 Å². The summed E-state index contributed by atoms with van der Waals surface area (Å²) in [7, 11) is 0. The molecule has 1 aliphatic carbocycles. The number of para-hydroxylation sites is 2. The zero-order valence-corrected chi connectivity index (χ0v) is 22.0. The summed E-state index contributed by atoms with van der Waals surface area (Å²) in [6.45, 7) is 4.65. The molecule has 0 atom stereocenters. The molecule has 0 amide bonds. The first-order valence-electron chi connectivity index (χ1n) is 13.5. The Hall–Kier alpha value is -4.82. The average molecular weight is 502 g/mol. The topological polar surface area (TPSA) is 16.4 Å². The van der Waals surface area contributed by atoms with E-state index in [2.05, 4.69) is 140 Å². The maximum atomic E-state index is 6.56. The number of rotatable bonds is 3. The van der Waals surface area contributed by atoms with Gasteiger partial charge >= 0.3 is 0 Å². The van der Waals surface area contributed by atoms with Crippen molar-refractivity contribution in [2.75, 3.05) is 4.90 Å². The maximum absolute atomic E-state index is 6.56. The molecule has 0 fully saturated rings. The summed E-state index contributed by atoms with van der Waals surface area (Å²) >= 11 is 0. The molecular weight excluding hydrogens is 474 g/mol. The smallest absolute Gasteiger partial charge is 0.143 e. The van der Waals surface area contributed by atoms with Crippen molar-refractivity contribution >= 4 is 49.8 Å². The molecule has 186 valence electrons. The van der Waals surface area contributed by atoms with Gasteiger partial charge in [0.05, 0.1) is 5.69 Å². The fraction of sp³-hybridized carbons (Fsp3) is 0.0811. The van der Waals surface area contributed by atoms with Gasteiger partial charge in [0.25, 0.3) is 0 Å². The minimum absolute atomic E-state index is 0.118. The number of furan rings is 1. The second-order valence-corrected chi connectivity index (χ2v) is 11.0. The van der Waals surface area contributed by atoms with Crippen LogP contribution in [0.1, 0.15) is 25.0 Å². The van der Waals surface area contributed by atoms with Gasteiger partial charge in [0.2, 0.25) is 0 Å². The van der Waals surface area contributed by atoms with Gasteiger partial charge in [-0.05, 0) is 58.5 Å². The van der Waals surface area contributed by atoms with Gasteiger partial charge in [0, 0.05) is 38.5 Å². The standard InChI is InChI=1S/C37H27NO/c1-37(2)31-21-19-26(23-30(31)35-32(37)22-20-29-28-16-8-9-18-34(28)39-36(29)35)38(25-13-4-3-5-14-25)33-17-10-12-24-11-6-7-15-27(24)33/h3-23H,1-2H3. The summed E-state index contributed by atoms with van der Waals surface area (Å²) in [5.74, 6) is 0. The highest BCUT2D eigenvalue weighted by Gasteiger charge is 2.38. The van der Waals surface area contributed by atoms with Crippen LogP contribution in [0.15, 0.2) is 132 Å². The summed E-state index contributed by atoms with van der Waals surface area (Å²) in [6, 6.07) is 45.7. The maximum Gasteiger partial charge on any atom is 0.143 e. The van der Waals surface area contributed by atoms with Crippen LogP contribution in [0.2, 0.25) is 0 Å². The third kappa shape index (κ3) is 3.15. The van der Waals surface area contributed by atoms with Crippen LogP contribution in [0.4, 0.5) is 17.1 Å². The Morgan fingerprint density at radius 3 is 2.15 bits per heavy atom. The first-order valence-corrected chi connectivity index (χ1v) is 13.5. The van der Waals surface area contributed by atoms with Gasteiger partial charge < -0.3 is 9.32 Å². The van der Waals surface area contributed by atoms with E-state index < -0.39 is 0 Å². The molecule has 6 aromatic carbocycles. The molecule has 0 saturated carbocycles. The lowest BCUT2D eigenvalue weighted by Crippen LogP contribution is -2.15. The zero-order valence-electron chi connectivity index (χ0n) is 22.0.